The van der Waals surface area contributed by atoms with E-state index in [0.717, 1.165) is 29.7 Å². The number of carbonyl (C=O) groups excluding carboxylic acids is 1. The van der Waals surface area contributed by atoms with Crippen molar-refractivity contribution in [2.75, 3.05) is 20.7 Å². The van der Waals surface area contributed by atoms with Gasteiger partial charge in [-0.15, -0.1) is 0 Å². The fourth-order valence-corrected chi connectivity index (χ4v) is 2.18. The first-order valence-electron chi connectivity index (χ1n) is 6.29. The van der Waals surface area contributed by atoms with Gasteiger partial charge in [0.25, 0.3) is 0 Å². The van der Waals surface area contributed by atoms with Gasteiger partial charge in [0.15, 0.2) is 0 Å². The third kappa shape index (κ3) is 2.86. The van der Waals surface area contributed by atoms with Crippen LogP contribution in [0.15, 0.2) is 23.4 Å². The Balaban J connectivity index is 2.03. The summed E-state index contributed by atoms with van der Waals surface area (Å²) in [6.45, 7) is 0.360. The fraction of sp³-hybridized carbons (Fsp3) is 0.429. The van der Waals surface area contributed by atoms with Crippen molar-refractivity contribution in [2.24, 2.45) is 5.16 Å². The van der Waals surface area contributed by atoms with E-state index in [1.165, 1.54) is 0 Å². The second-order valence-corrected chi connectivity index (χ2v) is 4.72. The number of amides is 1. The minimum absolute atomic E-state index is 0.0465. The summed E-state index contributed by atoms with van der Waals surface area (Å²) in [6, 6.07) is 5.69. The second kappa shape index (κ2) is 5.73. The van der Waals surface area contributed by atoms with Gasteiger partial charge in [-0.25, -0.2) is 0 Å². The predicted molar refractivity (Wildman–Crippen MR) is 71.9 cm³/mol. The molecule has 102 valence electrons. The molecule has 0 aromatic heterocycles. The van der Waals surface area contributed by atoms with E-state index in [1.54, 1.807) is 19.0 Å². The van der Waals surface area contributed by atoms with Gasteiger partial charge in [0.2, 0.25) is 5.91 Å². The SMILES string of the molecule is CN(C)C(=O)CCOc1cccc2c1CCC2=NO. The minimum atomic E-state index is 0.0465. The smallest absolute Gasteiger partial charge is 0.225 e. The molecule has 1 N–H and O–H groups in total. The van der Waals surface area contributed by atoms with E-state index < -0.39 is 0 Å². The maximum atomic E-state index is 11.5. The molecular formula is C14H18N2O3. The van der Waals surface area contributed by atoms with E-state index in [0.29, 0.717) is 18.7 Å². The highest BCUT2D eigenvalue weighted by atomic mass is 16.5. The van der Waals surface area contributed by atoms with E-state index in [4.69, 9.17) is 9.94 Å². The molecule has 1 aromatic rings. The average Bonchev–Trinajstić information content (AvgIpc) is 2.82. The lowest BCUT2D eigenvalue weighted by molar-refractivity contribution is -0.129. The number of hydrogen-bond donors (Lipinski definition) is 1. The molecule has 19 heavy (non-hydrogen) atoms. The summed E-state index contributed by atoms with van der Waals surface area (Å²) in [7, 11) is 3.46. The van der Waals surface area contributed by atoms with Crippen LogP contribution >= 0.6 is 0 Å². The Morgan fingerprint density at radius 1 is 1.42 bits per heavy atom. The summed E-state index contributed by atoms with van der Waals surface area (Å²) < 4.78 is 5.68. The van der Waals surface area contributed by atoms with E-state index in [-0.39, 0.29) is 5.91 Å². The first-order chi connectivity index (χ1) is 9.13. The molecule has 0 saturated heterocycles. The molecule has 0 saturated carbocycles. The number of oxime groups is 1. The van der Waals surface area contributed by atoms with E-state index in [9.17, 15) is 4.79 Å². The number of fused-ring (bicyclic) bond motifs is 1. The lowest BCUT2D eigenvalue weighted by Crippen LogP contribution is -2.23. The van der Waals surface area contributed by atoms with Crippen molar-refractivity contribution in [1.29, 1.82) is 0 Å². The van der Waals surface area contributed by atoms with Crippen molar-refractivity contribution in [1.82, 2.24) is 4.90 Å². The van der Waals surface area contributed by atoms with Crippen LogP contribution in [0.25, 0.3) is 0 Å². The molecule has 0 heterocycles. The van der Waals surface area contributed by atoms with E-state index >= 15 is 0 Å². The summed E-state index contributed by atoms with van der Waals surface area (Å²) in [5.41, 5.74) is 2.70. The third-order valence-electron chi connectivity index (χ3n) is 3.25. The number of carbonyl (C=O) groups is 1. The van der Waals surface area contributed by atoms with Gasteiger partial charge < -0.3 is 14.8 Å². The van der Waals surface area contributed by atoms with Crippen molar-refractivity contribution < 1.29 is 14.7 Å². The van der Waals surface area contributed by atoms with Crippen molar-refractivity contribution in [3.8, 4) is 5.75 Å². The predicted octanol–water partition coefficient (Wildman–Crippen LogP) is 1.67. The molecule has 0 spiro atoms. The molecule has 0 atom stereocenters. The molecule has 1 aromatic carbocycles. The highest BCUT2D eigenvalue weighted by Gasteiger charge is 2.21. The lowest BCUT2D eigenvalue weighted by atomic mass is 10.1. The molecule has 1 amide bonds. The Labute approximate surface area is 112 Å². The molecule has 1 aliphatic carbocycles. The third-order valence-corrected chi connectivity index (χ3v) is 3.25. The zero-order valence-corrected chi connectivity index (χ0v) is 11.2. The maximum Gasteiger partial charge on any atom is 0.225 e. The standard InChI is InChI=1S/C14H18N2O3/c1-16(2)14(17)8-9-19-13-5-3-4-10-11(13)6-7-12(10)15-18/h3-5,18H,6-9H2,1-2H3. The summed E-state index contributed by atoms with van der Waals surface area (Å²) >= 11 is 0. The van der Waals surface area contributed by atoms with Gasteiger partial charge in [0.1, 0.15) is 5.75 Å². The van der Waals surface area contributed by atoms with Gasteiger partial charge in [0.05, 0.1) is 18.7 Å². The van der Waals surface area contributed by atoms with Crippen LogP contribution in [0.3, 0.4) is 0 Å². The Kier molecular flexibility index (Phi) is 4.04. The number of hydrogen-bond acceptors (Lipinski definition) is 4. The first-order valence-corrected chi connectivity index (χ1v) is 6.29. The zero-order valence-electron chi connectivity index (χ0n) is 11.2. The van der Waals surface area contributed by atoms with Crippen molar-refractivity contribution in [2.45, 2.75) is 19.3 Å². The molecule has 2 rings (SSSR count). The minimum Gasteiger partial charge on any atom is -0.493 e. The summed E-state index contributed by atoms with van der Waals surface area (Å²) in [6.07, 6.45) is 1.90. The molecule has 0 bridgehead atoms. The first kappa shape index (κ1) is 13.4. The number of rotatable bonds is 4. The quantitative estimate of drug-likeness (QED) is 0.663. The Hall–Kier alpha value is -2.04. The monoisotopic (exact) mass is 262 g/mol. The molecule has 0 fully saturated rings. The van der Waals surface area contributed by atoms with Crippen molar-refractivity contribution >= 4 is 11.6 Å². The molecule has 5 nitrogen and oxygen atoms in total. The fourth-order valence-electron chi connectivity index (χ4n) is 2.18. The Morgan fingerprint density at radius 2 is 2.21 bits per heavy atom. The number of benzene rings is 1. The second-order valence-electron chi connectivity index (χ2n) is 4.72. The maximum absolute atomic E-state index is 11.5. The van der Waals surface area contributed by atoms with Gasteiger partial charge in [0, 0.05) is 25.2 Å². The highest BCUT2D eigenvalue weighted by Crippen LogP contribution is 2.30. The molecule has 1 aliphatic rings. The van der Waals surface area contributed by atoms with Gasteiger partial charge in [-0.05, 0) is 18.9 Å². The van der Waals surface area contributed by atoms with Crippen LogP contribution in [-0.2, 0) is 11.2 Å². The molecule has 0 radical (unpaired) electrons. The lowest BCUT2D eigenvalue weighted by Gasteiger charge is -2.12. The number of ether oxygens (including phenoxy) is 1. The molecule has 5 heteroatoms. The molecular weight excluding hydrogens is 244 g/mol. The largest absolute Gasteiger partial charge is 0.493 e. The zero-order chi connectivity index (χ0) is 13.8. The van der Waals surface area contributed by atoms with Gasteiger partial charge >= 0.3 is 0 Å². The van der Waals surface area contributed by atoms with Crippen molar-refractivity contribution in [3.05, 3.63) is 29.3 Å². The molecule has 0 unspecified atom stereocenters. The van der Waals surface area contributed by atoms with Gasteiger partial charge in [-0.1, -0.05) is 17.3 Å². The average molecular weight is 262 g/mol. The summed E-state index contributed by atoms with van der Waals surface area (Å²) in [4.78, 5) is 13.0. The summed E-state index contributed by atoms with van der Waals surface area (Å²) in [5, 5.41) is 12.2. The van der Waals surface area contributed by atoms with Crippen LogP contribution < -0.4 is 4.74 Å². The Morgan fingerprint density at radius 3 is 2.89 bits per heavy atom. The molecule has 0 aliphatic heterocycles. The van der Waals surface area contributed by atoms with Crippen LogP contribution in [0.4, 0.5) is 0 Å². The van der Waals surface area contributed by atoms with E-state index in [2.05, 4.69) is 5.16 Å². The normalized spacial score (nSPS) is 15.4. The Bertz CT molecular complexity index is 509. The van der Waals surface area contributed by atoms with Crippen LogP contribution in [0.1, 0.15) is 24.0 Å². The topological polar surface area (TPSA) is 62.1 Å². The number of nitrogens with zero attached hydrogens (tertiary/aromatic N) is 2. The highest BCUT2D eigenvalue weighted by molar-refractivity contribution is 6.04. The van der Waals surface area contributed by atoms with Crippen LogP contribution in [0.2, 0.25) is 0 Å². The summed E-state index contributed by atoms with van der Waals surface area (Å²) in [5.74, 6) is 0.827. The van der Waals surface area contributed by atoms with Crippen LogP contribution in [-0.4, -0.2) is 42.4 Å². The van der Waals surface area contributed by atoms with Gasteiger partial charge in [-0.2, -0.15) is 0 Å². The van der Waals surface area contributed by atoms with Crippen molar-refractivity contribution in [3.63, 3.8) is 0 Å². The van der Waals surface area contributed by atoms with Gasteiger partial charge in [-0.3, -0.25) is 4.79 Å². The van der Waals surface area contributed by atoms with Crippen LogP contribution in [0, 0.1) is 0 Å². The van der Waals surface area contributed by atoms with E-state index in [1.807, 2.05) is 18.2 Å². The van der Waals surface area contributed by atoms with Crippen LogP contribution in [0.5, 0.6) is 5.75 Å².